The van der Waals surface area contributed by atoms with E-state index < -0.39 is 0 Å². The Hall–Kier alpha value is -2.36. The average molecular weight is 255 g/mol. The van der Waals surface area contributed by atoms with E-state index in [4.69, 9.17) is 0 Å². The largest absolute Gasteiger partial charge is 0.381 e. The molecule has 0 unspecified atom stereocenters. The van der Waals surface area contributed by atoms with Gasteiger partial charge in [-0.3, -0.25) is 9.78 Å². The van der Waals surface area contributed by atoms with E-state index >= 15 is 0 Å². The highest BCUT2D eigenvalue weighted by Crippen LogP contribution is 2.11. The van der Waals surface area contributed by atoms with Crippen LogP contribution < -0.4 is 10.6 Å². The minimum Gasteiger partial charge on any atom is -0.381 e. The van der Waals surface area contributed by atoms with E-state index in [0.29, 0.717) is 18.7 Å². The first-order valence-electron chi connectivity index (χ1n) is 6.30. The summed E-state index contributed by atoms with van der Waals surface area (Å²) < 4.78 is 0. The Balaban J connectivity index is 1.94. The molecule has 0 saturated heterocycles. The third-order valence-electron chi connectivity index (χ3n) is 2.70. The van der Waals surface area contributed by atoms with Crippen molar-refractivity contribution in [3.63, 3.8) is 0 Å². The number of nitrogens with zero attached hydrogens (tertiary/aromatic N) is 1. The zero-order chi connectivity index (χ0) is 13.5. The summed E-state index contributed by atoms with van der Waals surface area (Å²) in [5.74, 6) is -0.0405. The standard InChI is InChI=1S/C15H17N3O/c1-2-17-15(19)13-5-7-14(8-6-13)18-11-12-4-3-9-16-10-12/h3-10,18H,2,11H2,1H3,(H,17,19). The van der Waals surface area contributed by atoms with Crippen LogP contribution in [-0.2, 0) is 6.54 Å². The fourth-order valence-corrected chi connectivity index (χ4v) is 1.71. The lowest BCUT2D eigenvalue weighted by molar-refractivity contribution is 0.0956. The number of rotatable bonds is 5. The molecule has 4 nitrogen and oxygen atoms in total. The Bertz CT molecular complexity index is 523. The Morgan fingerprint density at radius 2 is 2.00 bits per heavy atom. The SMILES string of the molecule is CCNC(=O)c1ccc(NCc2cccnc2)cc1. The molecule has 2 rings (SSSR count). The van der Waals surface area contributed by atoms with Crippen LogP contribution in [0.4, 0.5) is 5.69 Å². The highest BCUT2D eigenvalue weighted by molar-refractivity contribution is 5.94. The molecule has 2 N–H and O–H groups in total. The number of hydrogen-bond acceptors (Lipinski definition) is 3. The predicted octanol–water partition coefficient (Wildman–Crippen LogP) is 2.44. The smallest absolute Gasteiger partial charge is 0.251 e. The molecule has 2 aromatic rings. The van der Waals surface area contributed by atoms with Gasteiger partial charge in [-0.05, 0) is 42.8 Å². The van der Waals surface area contributed by atoms with Crippen molar-refractivity contribution in [1.82, 2.24) is 10.3 Å². The van der Waals surface area contributed by atoms with Crippen molar-refractivity contribution in [3.05, 3.63) is 59.9 Å². The van der Waals surface area contributed by atoms with Crippen LogP contribution in [0.5, 0.6) is 0 Å². The number of amides is 1. The highest BCUT2D eigenvalue weighted by atomic mass is 16.1. The van der Waals surface area contributed by atoms with E-state index in [2.05, 4.69) is 15.6 Å². The van der Waals surface area contributed by atoms with Gasteiger partial charge >= 0.3 is 0 Å². The van der Waals surface area contributed by atoms with E-state index in [1.165, 1.54) is 0 Å². The minimum absolute atomic E-state index is 0.0405. The second-order valence-corrected chi connectivity index (χ2v) is 4.15. The normalized spacial score (nSPS) is 9.95. The second kappa shape index (κ2) is 6.54. The fourth-order valence-electron chi connectivity index (χ4n) is 1.71. The van der Waals surface area contributed by atoms with Gasteiger partial charge < -0.3 is 10.6 Å². The van der Waals surface area contributed by atoms with Crippen molar-refractivity contribution in [2.24, 2.45) is 0 Å². The van der Waals surface area contributed by atoms with Crippen LogP contribution in [0.2, 0.25) is 0 Å². The maximum atomic E-state index is 11.6. The van der Waals surface area contributed by atoms with E-state index in [1.807, 2.05) is 49.5 Å². The van der Waals surface area contributed by atoms with Gasteiger partial charge in [0.05, 0.1) is 0 Å². The third kappa shape index (κ3) is 3.81. The van der Waals surface area contributed by atoms with Gasteiger partial charge in [-0.1, -0.05) is 6.07 Å². The lowest BCUT2D eigenvalue weighted by Crippen LogP contribution is -2.22. The molecule has 0 aliphatic rings. The molecule has 98 valence electrons. The summed E-state index contributed by atoms with van der Waals surface area (Å²) in [7, 11) is 0. The first-order chi connectivity index (χ1) is 9.29. The van der Waals surface area contributed by atoms with Gasteiger partial charge in [-0.15, -0.1) is 0 Å². The van der Waals surface area contributed by atoms with Gasteiger partial charge in [0.1, 0.15) is 0 Å². The van der Waals surface area contributed by atoms with E-state index in [9.17, 15) is 4.79 Å². The van der Waals surface area contributed by atoms with Crippen molar-refractivity contribution in [2.75, 3.05) is 11.9 Å². The average Bonchev–Trinajstić information content (AvgIpc) is 2.47. The summed E-state index contributed by atoms with van der Waals surface area (Å²) >= 11 is 0. The lowest BCUT2D eigenvalue weighted by Gasteiger charge is -2.07. The first-order valence-corrected chi connectivity index (χ1v) is 6.30. The molecule has 1 heterocycles. The van der Waals surface area contributed by atoms with E-state index in [1.54, 1.807) is 6.20 Å². The molecule has 0 aliphatic heterocycles. The fraction of sp³-hybridized carbons (Fsp3) is 0.200. The summed E-state index contributed by atoms with van der Waals surface area (Å²) in [4.78, 5) is 15.7. The molecule has 1 aromatic carbocycles. The summed E-state index contributed by atoms with van der Waals surface area (Å²) in [5, 5.41) is 6.06. The molecule has 0 aliphatic carbocycles. The summed E-state index contributed by atoms with van der Waals surface area (Å²) in [6.45, 7) is 3.26. The van der Waals surface area contributed by atoms with Crippen molar-refractivity contribution in [3.8, 4) is 0 Å². The molecule has 0 bridgehead atoms. The maximum Gasteiger partial charge on any atom is 0.251 e. The summed E-state index contributed by atoms with van der Waals surface area (Å²) in [6, 6.07) is 11.4. The van der Waals surface area contributed by atoms with Gasteiger partial charge in [0, 0.05) is 36.7 Å². The topological polar surface area (TPSA) is 54.0 Å². The number of carbonyl (C=O) groups excluding carboxylic acids is 1. The zero-order valence-electron chi connectivity index (χ0n) is 10.9. The number of carbonyl (C=O) groups is 1. The van der Waals surface area contributed by atoms with Crippen LogP contribution in [0.15, 0.2) is 48.8 Å². The molecular formula is C15H17N3O. The number of benzene rings is 1. The number of hydrogen-bond donors (Lipinski definition) is 2. The van der Waals surface area contributed by atoms with Gasteiger partial charge in [-0.2, -0.15) is 0 Å². The number of nitrogens with one attached hydrogen (secondary N) is 2. The van der Waals surface area contributed by atoms with Crippen LogP contribution in [0.25, 0.3) is 0 Å². The van der Waals surface area contributed by atoms with E-state index in [0.717, 1.165) is 11.3 Å². The zero-order valence-corrected chi connectivity index (χ0v) is 10.9. The highest BCUT2D eigenvalue weighted by Gasteiger charge is 2.03. The number of anilines is 1. The van der Waals surface area contributed by atoms with Crippen molar-refractivity contribution in [1.29, 1.82) is 0 Å². The molecule has 0 fully saturated rings. The summed E-state index contributed by atoms with van der Waals surface area (Å²) in [5.41, 5.74) is 2.78. The molecule has 4 heteroatoms. The Labute approximate surface area is 112 Å². The van der Waals surface area contributed by atoms with Crippen LogP contribution in [0, 0.1) is 0 Å². The minimum atomic E-state index is -0.0405. The van der Waals surface area contributed by atoms with Crippen molar-refractivity contribution in [2.45, 2.75) is 13.5 Å². The van der Waals surface area contributed by atoms with Gasteiger partial charge in [-0.25, -0.2) is 0 Å². The molecule has 0 atom stereocenters. The summed E-state index contributed by atoms with van der Waals surface area (Å²) in [6.07, 6.45) is 3.58. The monoisotopic (exact) mass is 255 g/mol. The first kappa shape index (κ1) is 13.1. The van der Waals surface area contributed by atoms with Crippen LogP contribution in [-0.4, -0.2) is 17.4 Å². The van der Waals surface area contributed by atoms with Crippen LogP contribution in [0.1, 0.15) is 22.8 Å². The quantitative estimate of drug-likeness (QED) is 0.862. The van der Waals surface area contributed by atoms with Crippen molar-refractivity contribution < 1.29 is 4.79 Å². The Morgan fingerprint density at radius 3 is 2.63 bits per heavy atom. The third-order valence-corrected chi connectivity index (χ3v) is 2.70. The molecule has 0 radical (unpaired) electrons. The number of aromatic nitrogens is 1. The lowest BCUT2D eigenvalue weighted by atomic mass is 10.2. The van der Waals surface area contributed by atoms with Crippen molar-refractivity contribution >= 4 is 11.6 Å². The van der Waals surface area contributed by atoms with Gasteiger partial charge in [0.15, 0.2) is 0 Å². The molecule has 1 amide bonds. The van der Waals surface area contributed by atoms with Crippen LogP contribution >= 0.6 is 0 Å². The number of pyridine rings is 1. The molecule has 0 saturated carbocycles. The van der Waals surface area contributed by atoms with Gasteiger partial charge in [0.25, 0.3) is 5.91 Å². The molecular weight excluding hydrogens is 238 g/mol. The Morgan fingerprint density at radius 1 is 1.21 bits per heavy atom. The molecule has 1 aromatic heterocycles. The van der Waals surface area contributed by atoms with Gasteiger partial charge in [0.2, 0.25) is 0 Å². The maximum absolute atomic E-state index is 11.6. The predicted molar refractivity (Wildman–Crippen MR) is 76.0 cm³/mol. The molecule has 19 heavy (non-hydrogen) atoms. The molecule has 0 spiro atoms. The second-order valence-electron chi connectivity index (χ2n) is 4.15. The van der Waals surface area contributed by atoms with Crippen LogP contribution in [0.3, 0.4) is 0 Å². The van der Waals surface area contributed by atoms with E-state index in [-0.39, 0.29) is 5.91 Å². The Kier molecular flexibility index (Phi) is 4.50.